The molecule has 1 N–H and O–H groups in total. The van der Waals surface area contributed by atoms with E-state index in [1.807, 2.05) is 0 Å². The number of anilines is 1. The molecule has 0 radical (unpaired) electrons. The molecule has 7 heteroatoms. The van der Waals surface area contributed by atoms with Crippen molar-refractivity contribution in [1.29, 1.82) is 0 Å². The Morgan fingerprint density at radius 1 is 1.53 bits per heavy atom. The standard InChI is InChI=1S/C12H13ClN4O2/c1-17-7-9(15-16-17)6-14-11-5-8(12(18)19-2)3-4-10(11)13/h3-5,7,14H,6H2,1-2H3. The van der Waals surface area contributed by atoms with Crippen molar-refractivity contribution in [1.82, 2.24) is 15.0 Å². The van der Waals surface area contributed by atoms with E-state index in [9.17, 15) is 4.79 Å². The van der Waals surface area contributed by atoms with Crippen LogP contribution in [0, 0.1) is 0 Å². The Bertz CT molecular complexity index is 597. The minimum atomic E-state index is -0.404. The molecule has 100 valence electrons. The Morgan fingerprint density at radius 2 is 2.32 bits per heavy atom. The molecule has 0 amide bonds. The molecule has 0 aliphatic carbocycles. The lowest BCUT2D eigenvalue weighted by atomic mass is 10.2. The first-order chi connectivity index (χ1) is 9.10. The lowest BCUT2D eigenvalue weighted by Crippen LogP contribution is -2.04. The van der Waals surface area contributed by atoms with E-state index < -0.39 is 5.97 Å². The van der Waals surface area contributed by atoms with Gasteiger partial charge < -0.3 is 10.1 Å². The van der Waals surface area contributed by atoms with Crippen LogP contribution in [0.4, 0.5) is 5.69 Å². The number of carbonyl (C=O) groups excluding carboxylic acids is 1. The van der Waals surface area contributed by atoms with Crippen molar-refractivity contribution in [2.45, 2.75) is 6.54 Å². The second-order valence-corrected chi connectivity index (χ2v) is 4.33. The number of rotatable bonds is 4. The summed E-state index contributed by atoms with van der Waals surface area (Å²) in [4.78, 5) is 11.4. The van der Waals surface area contributed by atoms with Gasteiger partial charge in [-0.25, -0.2) is 4.79 Å². The third-order valence-corrected chi connectivity index (χ3v) is 2.83. The number of nitrogens with one attached hydrogen (secondary N) is 1. The van der Waals surface area contributed by atoms with Crippen molar-refractivity contribution in [3.05, 3.63) is 40.7 Å². The summed E-state index contributed by atoms with van der Waals surface area (Å²) in [6.07, 6.45) is 1.80. The Balaban J connectivity index is 2.12. The zero-order valence-corrected chi connectivity index (χ0v) is 11.3. The number of nitrogens with zero attached hydrogens (tertiary/aromatic N) is 3. The van der Waals surface area contributed by atoms with Gasteiger partial charge in [-0.05, 0) is 18.2 Å². The maximum atomic E-state index is 11.4. The Hall–Kier alpha value is -2.08. The fourth-order valence-corrected chi connectivity index (χ4v) is 1.75. The Morgan fingerprint density at radius 3 is 2.95 bits per heavy atom. The molecule has 0 atom stereocenters. The molecule has 0 saturated heterocycles. The molecule has 19 heavy (non-hydrogen) atoms. The first-order valence-electron chi connectivity index (χ1n) is 5.57. The van der Waals surface area contributed by atoms with E-state index in [2.05, 4.69) is 20.4 Å². The van der Waals surface area contributed by atoms with Crippen LogP contribution in [0.15, 0.2) is 24.4 Å². The lowest BCUT2D eigenvalue weighted by Gasteiger charge is -2.08. The van der Waals surface area contributed by atoms with Gasteiger partial charge in [-0.3, -0.25) is 4.68 Å². The lowest BCUT2D eigenvalue weighted by molar-refractivity contribution is 0.0601. The summed E-state index contributed by atoms with van der Waals surface area (Å²) in [6.45, 7) is 0.470. The van der Waals surface area contributed by atoms with E-state index >= 15 is 0 Å². The first kappa shape index (κ1) is 13.4. The van der Waals surface area contributed by atoms with Crippen molar-refractivity contribution < 1.29 is 9.53 Å². The number of halogens is 1. The molecule has 0 unspecified atom stereocenters. The number of hydrogen-bond acceptors (Lipinski definition) is 5. The SMILES string of the molecule is COC(=O)c1ccc(Cl)c(NCc2cn(C)nn2)c1. The highest BCUT2D eigenvalue weighted by Gasteiger charge is 2.09. The van der Waals surface area contributed by atoms with Gasteiger partial charge >= 0.3 is 5.97 Å². The van der Waals surface area contributed by atoms with Gasteiger partial charge in [0, 0.05) is 13.2 Å². The summed E-state index contributed by atoms with van der Waals surface area (Å²) in [5, 5.41) is 11.4. The van der Waals surface area contributed by atoms with E-state index in [0.717, 1.165) is 5.69 Å². The molecule has 0 bridgehead atoms. The summed E-state index contributed by atoms with van der Waals surface area (Å²) >= 11 is 6.06. The predicted molar refractivity (Wildman–Crippen MR) is 71.1 cm³/mol. The molecule has 1 heterocycles. The average molecular weight is 281 g/mol. The normalized spacial score (nSPS) is 10.3. The van der Waals surface area contributed by atoms with E-state index in [1.54, 1.807) is 36.1 Å². The fourth-order valence-electron chi connectivity index (χ4n) is 1.57. The molecule has 0 aliphatic heterocycles. The molecule has 1 aromatic heterocycles. The van der Waals surface area contributed by atoms with E-state index in [4.69, 9.17) is 11.6 Å². The molecule has 2 aromatic rings. The molecule has 0 spiro atoms. The first-order valence-corrected chi connectivity index (χ1v) is 5.95. The van der Waals surface area contributed by atoms with Crippen LogP contribution in [0.1, 0.15) is 16.1 Å². The third-order valence-electron chi connectivity index (χ3n) is 2.50. The van der Waals surface area contributed by atoms with E-state index in [0.29, 0.717) is 22.8 Å². The highest BCUT2D eigenvalue weighted by molar-refractivity contribution is 6.33. The topological polar surface area (TPSA) is 69.0 Å². The van der Waals surface area contributed by atoms with Gasteiger partial charge in [0.25, 0.3) is 0 Å². The third kappa shape index (κ3) is 3.23. The van der Waals surface area contributed by atoms with Crippen LogP contribution in [0.25, 0.3) is 0 Å². The number of benzene rings is 1. The number of aromatic nitrogens is 3. The monoisotopic (exact) mass is 280 g/mol. The van der Waals surface area contributed by atoms with Gasteiger partial charge in [0.05, 0.1) is 29.9 Å². The van der Waals surface area contributed by atoms with Crippen LogP contribution in [0.2, 0.25) is 5.02 Å². The maximum absolute atomic E-state index is 11.4. The fraction of sp³-hybridized carbons (Fsp3) is 0.250. The summed E-state index contributed by atoms with van der Waals surface area (Å²) in [7, 11) is 3.13. The molecule has 2 rings (SSSR count). The van der Waals surface area contributed by atoms with Crippen LogP contribution in [0.3, 0.4) is 0 Å². The molecule has 0 saturated carbocycles. The second kappa shape index (κ2) is 5.71. The molecule has 6 nitrogen and oxygen atoms in total. The number of aryl methyl sites for hydroxylation is 1. The van der Waals surface area contributed by atoms with Crippen LogP contribution >= 0.6 is 11.6 Å². The quantitative estimate of drug-likeness (QED) is 0.866. The molecule has 0 aliphatic rings. The van der Waals surface area contributed by atoms with Crippen molar-refractivity contribution in [2.24, 2.45) is 7.05 Å². The zero-order chi connectivity index (χ0) is 13.8. The van der Waals surface area contributed by atoms with Crippen molar-refractivity contribution >= 4 is 23.3 Å². The Kier molecular flexibility index (Phi) is 4.01. The molecular formula is C12H13ClN4O2. The summed E-state index contributed by atoms with van der Waals surface area (Å²) in [5.41, 5.74) is 1.87. The molecule has 0 fully saturated rings. The van der Waals surface area contributed by atoms with Gasteiger partial charge in [-0.2, -0.15) is 0 Å². The van der Waals surface area contributed by atoms with Crippen LogP contribution in [-0.4, -0.2) is 28.1 Å². The molecular weight excluding hydrogens is 268 g/mol. The minimum Gasteiger partial charge on any atom is -0.465 e. The largest absolute Gasteiger partial charge is 0.465 e. The van der Waals surface area contributed by atoms with Crippen LogP contribution in [0.5, 0.6) is 0 Å². The number of hydrogen-bond donors (Lipinski definition) is 1. The van der Waals surface area contributed by atoms with Crippen LogP contribution < -0.4 is 5.32 Å². The van der Waals surface area contributed by atoms with Crippen molar-refractivity contribution in [3.63, 3.8) is 0 Å². The number of esters is 1. The van der Waals surface area contributed by atoms with Gasteiger partial charge in [0.15, 0.2) is 0 Å². The highest BCUT2D eigenvalue weighted by atomic mass is 35.5. The van der Waals surface area contributed by atoms with Gasteiger partial charge in [0.1, 0.15) is 5.69 Å². The maximum Gasteiger partial charge on any atom is 0.337 e. The average Bonchev–Trinajstić information content (AvgIpc) is 2.82. The van der Waals surface area contributed by atoms with Crippen molar-refractivity contribution in [3.8, 4) is 0 Å². The number of carbonyl (C=O) groups is 1. The van der Waals surface area contributed by atoms with Crippen LogP contribution in [-0.2, 0) is 18.3 Å². The van der Waals surface area contributed by atoms with Crippen molar-refractivity contribution in [2.75, 3.05) is 12.4 Å². The summed E-state index contributed by atoms with van der Waals surface area (Å²) < 4.78 is 6.28. The van der Waals surface area contributed by atoms with Gasteiger partial charge in [-0.15, -0.1) is 5.10 Å². The highest BCUT2D eigenvalue weighted by Crippen LogP contribution is 2.23. The zero-order valence-electron chi connectivity index (χ0n) is 10.6. The van der Waals surface area contributed by atoms with Gasteiger partial charge in [0.2, 0.25) is 0 Å². The number of methoxy groups -OCH3 is 1. The van der Waals surface area contributed by atoms with E-state index in [1.165, 1.54) is 7.11 Å². The smallest absolute Gasteiger partial charge is 0.337 e. The van der Waals surface area contributed by atoms with Gasteiger partial charge in [-0.1, -0.05) is 16.8 Å². The predicted octanol–water partition coefficient (Wildman–Crippen LogP) is 1.87. The van der Waals surface area contributed by atoms with E-state index in [-0.39, 0.29) is 0 Å². The summed E-state index contributed by atoms with van der Waals surface area (Å²) in [5.74, 6) is -0.404. The second-order valence-electron chi connectivity index (χ2n) is 3.92. The molecule has 1 aromatic carbocycles. The Labute approximate surface area is 115 Å². The number of ether oxygens (including phenoxy) is 1. The minimum absolute atomic E-state index is 0.404. The summed E-state index contributed by atoms with van der Waals surface area (Å²) in [6, 6.07) is 4.90.